The Morgan fingerprint density at radius 3 is 2.93 bits per heavy atom. The first kappa shape index (κ1) is 11.0. The van der Waals surface area contributed by atoms with Gasteiger partial charge >= 0.3 is 5.97 Å². The summed E-state index contributed by atoms with van der Waals surface area (Å²) in [6.07, 6.45) is 0. The lowest BCUT2D eigenvalue weighted by Crippen LogP contribution is -2.10. The van der Waals surface area contributed by atoms with Crippen molar-refractivity contribution in [2.45, 2.75) is 19.8 Å². The van der Waals surface area contributed by atoms with Crippen molar-refractivity contribution < 1.29 is 9.53 Å². The van der Waals surface area contributed by atoms with Crippen molar-refractivity contribution in [3.8, 4) is 0 Å². The third-order valence-corrected chi connectivity index (χ3v) is 2.95. The van der Waals surface area contributed by atoms with Crippen LogP contribution in [0.1, 0.15) is 24.6 Å². The molecule has 14 heavy (non-hydrogen) atoms. The molecule has 1 aromatic heterocycles. The van der Waals surface area contributed by atoms with Crippen molar-refractivity contribution >= 4 is 17.3 Å². The summed E-state index contributed by atoms with van der Waals surface area (Å²) in [6, 6.07) is 4.04. The summed E-state index contributed by atoms with van der Waals surface area (Å²) in [4.78, 5) is 12.3. The fourth-order valence-corrected chi connectivity index (χ4v) is 1.75. The highest BCUT2D eigenvalue weighted by atomic mass is 32.1. The predicted molar refractivity (Wildman–Crippen MR) is 58.5 cm³/mol. The third kappa shape index (κ3) is 3.00. The molecule has 0 bridgehead atoms. The third-order valence-electron chi connectivity index (χ3n) is 1.84. The molecule has 0 fully saturated rings. The van der Waals surface area contributed by atoms with Gasteiger partial charge < -0.3 is 4.74 Å². The zero-order valence-electron chi connectivity index (χ0n) is 8.45. The second-order valence-corrected chi connectivity index (χ2v) is 4.27. The molecule has 0 spiro atoms. The van der Waals surface area contributed by atoms with Crippen LogP contribution in [0.5, 0.6) is 0 Å². The number of carbonyl (C=O) groups is 1. The number of hydrogen-bond donors (Lipinski definition) is 0. The number of esters is 1. The van der Waals surface area contributed by atoms with Crippen molar-refractivity contribution in [2.75, 3.05) is 6.61 Å². The minimum atomic E-state index is -0.312. The standard InChI is InChI=1S/C11H14O2S/c1-8(2)11(12)13-7-9(3)10-5-4-6-14-10/h4-6,9H,1,7H2,2-3H3. The maximum Gasteiger partial charge on any atom is 0.333 e. The van der Waals surface area contributed by atoms with E-state index in [-0.39, 0.29) is 11.9 Å². The summed E-state index contributed by atoms with van der Waals surface area (Å²) in [5, 5.41) is 2.02. The highest BCUT2D eigenvalue weighted by molar-refractivity contribution is 7.10. The highest BCUT2D eigenvalue weighted by Gasteiger charge is 2.10. The number of carbonyl (C=O) groups excluding carboxylic acids is 1. The van der Waals surface area contributed by atoms with Gasteiger partial charge in [-0.2, -0.15) is 0 Å². The van der Waals surface area contributed by atoms with Gasteiger partial charge in [-0.05, 0) is 18.4 Å². The predicted octanol–water partition coefficient (Wildman–Crippen LogP) is 2.97. The molecule has 0 N–H and O–H groups in total. The molecule has 0 saturated carbocycles. The smallest absolute Gasteiger partial charge is 0.333 e. The molecule has 1 heterocycles. The second kappa shape index (κ2) is 4.96. The van der Waals surface area contributed by atoms with Crippen LogP contribution in [0.2, 0.25) is 0 Å². The van der Waals surface area contributed by atoms with Crippen molar-refractivity contribution in [1.29, 1.82) is 0 Å². The second-order valence-electron chi connectivity index (χ2n) is 3.30. The molecule has 2 nitrogen and oxygen atoms in total. The van der Waals surface area contributed by atoms with Crippen LogP contribution in [0.15, 0.2) is 29.7 Å². The maximum absolute atomic E-state index is 11.1. The van der Waals surface area contributed by atoms with Crippen molar-refractivity contribution in [3.63, 3.8) is 0 Å². The Morgan fingerprint density at radius 1 is 1.71 bits per heavy atom. The number of hydrogen-bond acceptors (Lipinski definition) is 3. The van der Waals surface area contributed by atoms with E-state index in [1.165, 1.54) is 4.88 Å². The summed E-state index contributed by atoms with van der Waals surface area (Å²) < 4.78 is 5.06. The van der Waals surface area contributed by atoms with Crippen LogP contribution < -0.4 is 0 Å². The lowest BCUT2D eigenvalue weighted by atomic mass is 10.1. The fourth-order valence-electron chi connectivity index (χ4n) is 0.978. The van der Waals surface area contributed by atoms with Gasteiger partial charge in [-0.3, -0.25) is 0 Å². The van der Waals surface area contributed by atoms with Crippen LogP contribution >= 0.6 is 11.3 Å². The molecule has 3 heteroatoms. The lowest BCUT2D eigenvalue weighted by Gasteiger charge is -2.09. The summed E-state index contributed by atoms with van der Waals surface area (Å²) in [5.74, 6) is -0.0493. The van der Waals surface area contributed by atoms with Gasteiger partial charge in [0.05, 0.1) is 6.61 Å². The zero-order chi connectivity index (χ0) is 10.6. The number of ether oxygens (including phenoxy) is 1. The molecule has 0 aliphatic carbocycles. The quantitative estimate of drug-likeness (QED) is 0.564. The van der Waals surface area contributed by atoms with Gasteiger partial charge in [0.1, 0.15) is 0 Å². The van der Waals surface area contributed by atoms with E-state index in [9.17, 15) is 4.79 Å². The summed E-state index contributed by atoms with van der Waals surface area (Å²) >= 11 is 1.68. The van der Waals surface area contributed by atoms with E-state index in [2.05, 4.69) is 6.58 Å². The van der Waals surface area contributed by atoms with Gasteiger partial charge in [0, 0.05) is 16.4 Å². The van der Waals surface area contributed by atoms with Crippen LogP contribution in [0.4, 0.5) is 0 Å². The number of rotatable bonds is 4. The average molecular weight is 210 g/mol. The monoisotopic (exact) mass is 210 g/mol. The van der Waals surface area contributed by atoms with Crippen molar-refractivity contribution in [1.82, 2.24) is 0 Å². The first-order chi connectivity index (χ1) is 6.61. The molecule has 1 atom stereocenters. The summed E-state index contributed by atoms with van der Waals surface area (Å²) in [6.45, 7) is 7.64. The van der Waals surface area contributed by atoms with Crippen LogP contribution in [0, 0.1) is 0 Å². The Labute approximate surface area is 88.2 Å². The summed E-state index contributed by atoms with van der Waals surface area (Å²) in [7, 11) is 0. The molecule has 0 saturated heterocycles. The van der Waals surface area contributed by atoms with Crippen LogP contribution in [-0.2, 0) is 9.53 Å². The first-order valence-corrected chi connectivity index (χ1v) is 5.35. The largest absolute Gasteiger partial charge is 0.462 e. The molecule has 0 aliphatic heterocycles. The fraction of sp³-hybridized carbons (Fsp3) is 0.364. The SMILES string of the molecule is C=C(C)C(=O)OCC(C)c1cccs1. The molecule has 0 aromatic carbocycles. The van der Waals surface area contributed by atoms with E-state index in [0.717, 1.165) is 0 Å². The minimum absolute atomic E-state index is 0.262. The molecule has 0 amide bonds. The van der Waals surface area contributed by atoms with Crippen molar-refractivity contribution in [3.05, 3.63) is 34.5 Å². The maximum atomic E-state index is 11.1. The Bertz CT molecular complexity index is 314. The van der Waals surface area contributed by atoms with Gasteiger partial charge in [-0.15, -0.1) is 11.3 Å². The van der Waals surface area contributed by atoms with E-state index in [0.29, 0.717) is 12.2 Å². The molecule has 76 valence electrons. The van der Waals surface area contributed by atoms with E-state index in [1.54, 1.807) is 18.3 Å². The molecular weight excluding hydrogens is 196 g/mol. The normalized spacial score (nSPS) is 12.1. The topological polar surface area (TPSA) is 26.3 Å². The lowest BCUT2D eigenvalue weighted by molar-refractivity contribution is -0.139. The van der Waals surface area contributed by atoms with Gasteiger partial charge in [0.25, 0.3) is 0 Å². The van der Waals surface area contributed by atoms with E-state index in [4.69, 9.17) is 4.74 Å². The summed E-state index contributed by atoms with van der Waals surface area (Å²) in [5.41, 5.74) is 0.448. The van der Waals surface area contributed by atoms with Crippen LogP contribution in [-0.4, -0.2) is 12.6 Å². The Morgan fingerprint density at radius 2 is 2.43 bits per heavy atom. The zero-order valence-corrected chi connectivity index (χ0v) is 9.26. The Balaban J connectivity index is 2.39. The van der Waals surface area contributed by atoms with E-state index in [1.807, 2.05) is 24.4 Å². The van der Waals surface area contributed by atoms with Gasteiger partial charge in [0.2, 0.25) is 0 Å². The highest BCUT2D eigenvalue weighted by Crippen LogP contribution is 2.20. The molecule has 0 radical (unpaired) electrons. The van der Waals surface area contributed by atoms with Crippen LogP contribution in [0.25, 0.3) is 0 Å². The van der Waals surface area contributed by atoms with Gasteiger partial charge in [-0.25, -0.2) is 4.79 Å². The first-order valence-electron chi connectivity index (χ1n) is 4.47. The van der Waals surface area contributed by atoms with E-state index < -0.39 is 0 Å². The molecule has 1 aromatic rings. The molecule has 1 unspecified atom stereocenters. The van der Waals surface area contributed by atoms with Crippen molar-refractivity contribution in [2.24, 2.45) is 0 Å². The Hall–Kier alpha value is -1.09. The molecular formula is C11H14O2S. The minimum Gasteiger partial charge on any atom is -0.462 e. The number of thiophene rings is 1. The Kier molecular flexibility index (Phi) is 3.89. The van der Waals surface area contributed by atoms with Gasteiger partial charge in [0.15, 0.2) is 0 Å². The molecule has 0 aliphatic rings. The molecule has 1 rings (SSSR count). The average Bonchev–Trinajstić information content (AvgIpc) is 2.66. The van der Waals surface area contributed by atoms with Gasteiger partial charge in [-0.1, -0.05) is 19.6 Å². The van der Waals surface area contributed by atoms with Crippen LogP contribution in [0.3, 0.4) is 0 Å². The van der Waals surface area contributed by atoms with E-state index >= 15 is 0 Å².